The van der Waals surface area contributed by atoms with Gasteiger partial charge < -0.3 is 10.0 Å². The number of carboxylic acid groups (broad SMARTS) is 1. The molecule has 0 unspecified atom stereocenters. The molecule has 0 bridgehead atoms. The highest BCUT2D eigenvalue weighted by Gasteiger charge is 2.34. The fourth-order valence-electron chi connectivity index (χ4n) is 1.52. The lowest BCUT2D eigenvalue weighted by molar-refractivity contribution is -0.384. The summed E-state index contributed by atoms with van der Waals surface area (Å²) in [6.45, 7) is -2.65. The van der Waals surface area contributed by atoms with E-state index in [0.29, 0.717) is 4.90 Å². The Kier molecular flexibility index (Phi) is 4.77. The SMILES string of the molecule is O=C(O)CN(CC(F)(F)F)c1ccc(Cl)cc1[N+](=O)[O-]. The molecule has 0 saturated heterocycles. The zero-order valence-corrected chi connectivity index (χ0v) is 10.5. The second-order valence-corrected chi connectivity index (χ2v) is 4.19. The number of hydrogen-bond donors (Lipinski definition) is 1. The first kappa shape index (κ1) is 16.0. The second-order valence-electron chi connectivity index (χ2n) is 3.76. The van der Waals surface area contributed by atoms with E-state index in [1.165, 1.54) is 0 Å². The summed E-state index contributed by atoms with van der Waals surface area (Å²) in [6, 6.07) is 2.99. The molecule has 6 nitrogen and oxygen atoms in total. The average Bonchev–Trinajstić information content (AvgIpc) is 2.25. The number of nitro benzene ring substituents is 1. The van der Waals surface area contributed by atoms with E-state index >= 15 is 0 Å². The third kappa shape index (κ3) is 4.57. The fraction of sp³-hybridized carbons (Fsp3) is 0.300. The van der Waals surface area contributed by atoms with Crippen LogP contribution in [0.2, 0.25) is 5.02 Å². The molecule has 0 amide bonds. The van der Waals surface area contributed by atoms with Gasteiger partial charge in [-0.15, -0.1) is 0 Å². The van der Waals surface area contributed by atoms with E-state index in [2.05, 4.69) is 0 Å². The average molecular weight is 313 g/mol. The van der Waals surface area contributed by atoms with Crippen LogP contribution in [0.5, 0.6) is 0 Å². The van der Waals surface area contributed by atoms with Crippen LogP contribution < -0.4 is 4.90 Å². The Bertz CT molecular complexity index is 536. The zero-order valence-electron chi connectivity index (χ0n) is 9.72. The Hall–Kier alpha value is -2.03. The molecule has 0 saturated carbocycles. The Morgan fingerprint density at radius 2 is 2.05 bits per heavy atom. The highest BCUT2D eigenvalue weighted by atomic mass is 35.5. The van der Waals surface area contributed by atoms with Crippen molar-refractivity contribution in [3.05, 3.63) is 33.3 Å². The van der Waals surface area contributed by atoms with Gasteiger partial charge >= 0.3 is 12.1 Å². The van der Waals surface area contributed by atoms with Crippen LogP contribution in [0.4, 0.5) is 24.5 Å². The number of benzene rings is 1. The van der Waals surface area contributed by atoms with Gasteiger partial charge in [0.25, 0.3) is 5.69 Å². The first-order chi connectivity index (χ1) is 9.10. The van der Waals surface area contributed by atoms with Gasteiger partial charge in [-0.3, -0.25) is 14.9 Å². The molecule has 1 aromatic carbocycles. The summed E-state index contributed by atoms with van der Waals surface area (Å²) >= 11 is 5.54. The van der Waals surface area contributed by atoms with Crippen LogP contribution in [0.15, 0.2) is 18.2 Å². The summed E-state index contributed by atoms with van der Waals surface area (Å²) in [5.74, 6) is -1.54. The van der Waals surface area contributed by atoms with Crippen LogP contribution in [0, 0.1) is 10.1 Å². The van der Waals surface area contributed by atoms with Gasteiger partial charge in [0.1, 0.15) is 18.8 Å². The molecule has 110 valence electrons. The number of anilines is 1. The van der Waals surface area contributed by atoms with E-state index < -0.39 is 41.5 Å². The predicted octanol–water partition coefficient (Wildman–Crippen LogP) is 2.70. The first-order valence-corrected chi connectivity index (χ1v) is 5.45. The van der Waals surface area contributed by atoms with E-state index in [4.69, 9.17) is 16.7 Å². The zero-order chi connectivity index (χ0) is 15.5. The van der Waals surface area contributed by atoms with Crippen LogP contribution in [-0.4, -0.2) is 35.3 Å². The van der Waals surface area contributed by atoms with Crippen LogP contribution in [0.1, 0.15) is 0 Å². The molecule has 1 aromatic rings. The van der Waals surface area contributed by atoms with Gasteiger partial charge in [0.15, 0.2) is 0 Å². The molecular weight excluding hydrogens is 305 g/mol. The van der Waals surface area contributed by atoms with E-state index in [-0.39, 0.29) is 5.02 Å². The molecule has 0 aliphatic carbocycles. The molecular formula is C10H8ClF3N2O4. The molecule has 0 aliphatic rings. The van der Waals surface area contributed by atoms with Crippen LogP contribution in [-0.2, 0) is 4.79 Å². The third-order valence-corrected chi connectivity index (χ3v) is 2.41. The van der Waals surface area contributed by atoms with Gasteiger partial charge in [0.05, 0.1) is 4.92 Å². The van der Waals surface area contributed by atoms with Gasteiger partial charge in [0, 0.05) is 11.1 Å². The number of carboxylic acids is 1. The van der Waals surface area contributed by atoms with Crippen molar-refractivity contribution in [2.45, 2.75) is 6.18 Å². The molecule has 1 rings (SSSR count). The number of alkyl halides is 3. The topological polar surface area (TPSA) is 83.7 Å². The Labute approximate surface area is 115 Å². The summed E-state index contributed by atoms with van der Waals surface area (Å²) in [5.41, 5.74) is -1.15. The molecule has 10 heteroatoms. The van der Waals surface area contributed by atoms with Gasteiger partial charge in [-0.2, -0.15) is 13.2 Å². The molecule has 0 radical (unpaired) electrons. The van der Waals surface area contributed by atoms with Crippen LogP contribution >= 0.6 is 11.6 Å². The Morgan fingerprint density at radius 3 is 2.50 bits per heavy atom. The summed E-state index contributed by atoms with van der Waals surface area (Å²) in [4.78, 5) is 20.9. The van der Waals surface area contributed by atoms with E-state index in [0.717, 1.165) is 18.2 Å². The highest BCUT2D eigenvalue weighted by molar-refractivity contribution is 6.30. The lowest BCUT2D eigenvalue weighted by atomic mass is 10.2. The minimum Gasteiger partial charge on any atom is -0.480 e. The van der Waals surface area contributed by atoms with Crippen LogP contribution in [0.25, 0.3) is 0 Å². The minimum absolute atomic E-state index is 0.0391. The number of nitrogens with zero attached hydrogens (tertiary/aromatic N) is 2. The lowest BCUT2D eigenvalue weighted by Crippen LogP contribution is -2.38. The number of rotatable bonds is 5. The number of carbonyl (C=O) groups is 1. The molecule has 0 atom stereocenters. The van der Waals surface area contributed by atoms with Crippen molar-refractivity contribution in [2.24, 2.45) is 0 Å². The molecule has 0 heterocycles. The molecule has 1 N–H and O–H groups in total. The molecule has 20 heavy (non-hydrogen) atoms. The van der Waals surface area contributed by atoms with E-state index in [1.54, 1.807) is 0 Å². The lowest BCUT2D eigenvalue weighted by Gasteiger charge is -2.23. The highest BCUT2D eigenvalue weighted by Crippen LogP contribution is 2.32. The second kappa shape index (κ2) is 5.95. The molecule has 0 fully saturated rings. The normalized spacial score (nSPS) is 11.2. The van der Waals surface area contributed by atoms with Gasteiger partial charge in [0.2, 0.25) is 0 Å². The van der Waals surface area contributed by atoms with Crippen molar-refractivity contribution in [1.29, 1.82) is 0 Å². The standard InChI is InChI=1S/C10H8ClF3N2O4/c11-6-1-2-7(8(3-6)16(19)20)15(4-9(17)18)5-10(12,13)14/h1-3H,4-5H2,(H,17,18). The van der Waals surface area contributed by atoms with Crippen molar-refractivity contribution < 1.29 is 28.0 Å². The predicted molar refractivity (Wildman–Crippen MR) is 64.0 cm³/mol. The summed E-state index contributed by atoms with van der Waals surface area (Å²) in [6.07, 6.45) is -4.71. The van der Waals surface area contributed by atoms with Gasteiger partial charge in [-0.05, 0) is 12.1 Å². The van der Waals surface area contributed by atoms with Crippen molar-refractivity contribution in [3.8, 4) is 0 Å². The maximum absolute atomic E-state index is 12.4. The number of nitro groups is 1. The quantitative estimate of drug-likeness (QED) is 0.667. The smallest absolute Gasteiger partial charge is 0.405 e. The van der Waals surface area contributed by atoms with Gasteiger partial charge in [-0.1, -0.05) is 11.6 Å². The third-order valence-electron chi connectivity index (χ3n) is 2.17. The summed E-state index contributed by atoms with van der Waals surface area (Å²) < 4.78 is 37.3. The summed E-state index contributed by atoms with van der Waals surface area (Å²) in [5, 5.41) is 19.4. The number of hydrogen-bond acceptors (Lipinski definition) is 4. The molecule has 0 aromatic heterocycles. The van der Waals surface area contributed by atoms with Crippen LogP contribution in [0.3, 0.4) is 0 Å². The maximum Gasteiger partial charge on any atom is 0.405 e. The first-order valence-electron chi connectivity index (χ1n) is 5.07. The molecule has 0 aliphatic heterocycles. The molecule has 0 spiro atoms. The fourth-order valence-corrected chi connectivity index (χ4v) is 1.68. The summed E-state index contributed by atoms with van der Waals surface area (Å²) in [7, 11) is 0. The van der Waals surface area contributed by atoms with E-state index in [9.17, 15) is 28.1 Å². The Balaban J connectivity index is 3.25. The van der Waals surface area contributed by atoms with Crippen molar-refractivity contribution in [1.82, 2.24) is 0 Å². The van der Waals surface area contributed by atoms with Crippen molar-refractivity contribution >= 4 is 28.9 Å². The minimum atomic E-state index is -4.71. The largest absolute Gasteiger partial charge is 0.480 e. The maximum atomic E-state index is 12.4. The number of aliphatic carboxylic acids is 1. The monoisotopic (exact) mass is 312 g/mol. The number of halogens is 4. The van der Waals surface area contributed by atoms with Crippen molar-refractivity contribution in [2.75, 3.05) is 18.0 Å². The van der Waals surface area contributed by atoms with Gasteiger partial charge in [-0.25, -0.2) is 0 Å². The van der Waals surface area contributed by atoms with Crippen molar-refractivity contribution in [3.63, 3.8) is 0 Å². The van der Waals surface area contributed by atoms with E-state index in [1.807, 2.05) is 0 Å². The Morgan fingerprint density at radius 1 is 1.45 bits per heavy atom.